The van der Waals surface area contributed by atoms with Gasteiger partial charge in [0.05, 0.1) is 23.1 Å². The molecule has 1 heterocycles. The van der Waals surface area contributed by atoms with Crippen LogP contribution >= 0.6 is 11.6 Å². The Labute approximate surface area is 109 Å². The van der Waals surface area contributed by atoms with Crippen molar-refractivity contribution < 1.29 is 19.4 Å². The number of carbonyl (C=O) groups excluding carboxylic acids is 1. The number of carboxylic acids is 1. The van der Waals surface area contributed by atoms with Crippen LogP contribution in [0.15, 0.2) is 18.5 Å². The second-order valence-corrected chi connectivity index (χ2v) is 3.93. The summed E-state index contributed by atoms with van der Waals surface area (Å²) in [6.45, 7) is 0.0975. The quantitative estimate of drug-likeness (QED) is 0.805. The molecule has 1 atom stereocenters. The summed E-state index contributed by atoms with van der Waals surface area (Å²) < 4.78 is 4.94. The van der Waals surface area contributed by atoms with E-state index in [0.29, 0.717) is 0 Å². The Morgan fingerprint density at radius 2 is 2.33 bits per heavy atom. The first-order valence-corrected chi connectivity index (χ1v) is 5.54. The normalized spacial score (nSPS) is 11.9. The van der Waals surface area contributed by atoms with E-state index in [9.17, 15) is 9.59 Å². The standard InChI is InChI=1S/C11H13ClN2O4/c1-18-7(4-10(15)16)5-14-11(17)8-2-3-13-6-9(8)12/h2-3,6-7H,4-5H2,1H3,(H,14,17)(H,15,16). The minimum atomic E-state index is -0.988. The SMILES string of the molecule is COC(CNC(=O)c1ccncc1Cl)CC(=O)O. The van der Waals surface area contributed by atoms with Crippen LogP contribution in [0.2, 0.25) is 5.02 Å². The highest BCUT2D eigenvalue weighted by molar-refractivity contribution is 6.33. The third-order valence-corrected chi connectivity index (χ3v) is 2.54. The highest BCUT2D eigenvalue weighted by Gasteiger charge is 2.15. The van der Waals surface area contributed by atoms with Crippen molar-refractivity contribution in [3.05, 3.63) is 29.0 Å². The molecule has 1 unspecified atom stereocenters. The van der Waals surface area contributed by atoms with Crippen LogP contribution in [0, 0.1) is 0 Å². The maximum atomic E-state index is 11.7. The van der Waals surface area contributed by atoms with Gasteiger partial charge in [-0.15, -0.1) is 0 Å². The van der Waals surface area contributed by atoms with Gasteiger partial charge in [-0.2, -0.15) is 0 Å². The molecule has 0 aliphatic rings. The zero-order valence-corrected chi connectivity index (χ0v) is 10.5. The molecule has 0 saturated carbocycles. The third-order valence-electron chi connectivity index (χ3n) is 2.24. The van der Waals surface area contributed by atoms with Gasteiger partial charge in [-0.3, -0.25) is 14.6 Å². The Kier molecular flexibility index (Phi) is 5.54. The number of nitrogens with zero attached hydrogens (tertiary/aromatic N) is 1. The maximum absolute atomic E-state index is 11.7. The fraction of sp³-hybridized carbons (Fsp3) is 0.364. The van der Waals surface area contributed by atoms with E-state index in [1.165, 1.54) is 25.6 Å². The Morgan fingerprint density at radius 3 is 2.89 bits per heavy atom. The number of carbonyl (C=O) groups is 2. The van der Waals surface area contributed by atoms with E-state index >= 15 is 0 Å². The van der Waals surface area contributed by atoms with Crippen LogP contribution in [0.3, 0.4) is 0 Å². The van der Waals surface area contributed by atoms with E-state index in [0.717, 1.165) is 0 Å². The average molecular weight is 273 g/mol. The van der Waals surface area contributed by atoms with E-state index in [-0.39, 0.29) is 23.6 Å². The van der Waals surface area contributed by atoms with Crippen molar-refractivity contribution in [1.82, 2.24) is 10.3 Å². The number of rotatable bonds is 6. The highest BCUT2D eigenvalue weighted by Crippen LogP contribution is 2.12. The summed E-state index contributed by atoms with van der Waals surface area (Å²) in [6, 6.07) is 1.48. The Morgan fingerprint density at radius 1 is 1.61 bits per heavy atom. The summed E-state index contributed by atoms with van der Waals surface area (Å²) in [5.74, 6) is -1.38. The van der Waals surface area contributed by atoms with Gasteiger partial charge in [-0.25, -0.2) is 0 Å². The lowest BCUT2D eigenvalue weighted by atomic mass is 10.2. The number of methoxy groups -OCH3 is 1. The summed E-state index contributed by atoms with van der Waals surface area (Å²) in [6.07, 6.45) is 2.06. The van der Waals surface area contributed by atoms with E-state index in [4.69, 9.17) is 21.4 Å². The van der Waals surface area contributed by atoms with Crippen molar-refractivity contribution >= 4 is 23.5 Å². The molecule has 1 amide bonds. The van der Waals surface area contributed by atoms with Gasteiger partial charge >= 0.3 is 5.97 Å². The molecule has 6 nitrogen and oxygen atoms in total. The van der Waals surface area contributed by atoms with E-state index < -0.39 is 18.0 Å². The molecule has 0 spiro atoms. The third kappa shape index (κ3) is 4.31. The summed E-state index contributed by atoms with van der Waals surface area (Å²) in [7, 11) is 1.39. The van der Waals surface area contributed by atoms with Crippen LogP contribution in [0.1, 0.15) is 16.8 Å². The van der Waals surface area contributed by atoms with Gasteiger partial charge in [0.1, 0.15) is 0 Å². The summed E-state index contributed by atoms with van der Waals surface area (Å²) in [5, 5.41) is 11.4. The second-order valence-electron chi connectivity index (χ2n) is 3.52. The molecule has 0 fully saturated rings. The average Bonchev–Trinajstić information content (AvgIpc) is 2.34. The molecule has 1 aromatic rings. The molecule has 0 bridgehead atoms. The number of hydrogen-bond donors (Lipinski definition) is 2. The van der Waals surface area contributed by atoms with E-state index in [1.54, 1.807) is 0 Å². The topological polar surface area (TPSA) is 88.5 Å². The van der Waals surface area contributed by atoms with Gasteiger partial charge in [-0.05, 0) is 6.07 Å². The monoisotopic (exact) mass is 272 g/mol. The predicted molar refractivity (Wildman–Crippen MR) is 64.6 cm³/mol. The zero-order chi connectivity index (χ0) is 13.5. The number of amides is 1. The largest absolute Gasteiger partial charge is 0.481 e. The lowest BCUT2D eigenvalue weighted by Gasteiger charge is -2.14. The van der Waals surface area contributed by atoms with Crippen molar-refractivity contribution in [2.45, 2.75) is 12.5 Å². The minimum Gasteiger partial charge on any atom is -0.481 e. The van der Waals surface area contributed by atoms with Crippen LogP contribution in [-0.4, -0.2) is 41.7 Å². The van der Waals surface area contributed by atoms with Gasteiger partial charge in [-0.1, -0.05) is 11.6 Å². The molecule has 0 aliphatic carbocycles. The lowest BCUT2D eigenvalue weighted by molar-refractivity contribution is -0.139. The second kappa shape index (κ2) is 6.93. The van der Waals surface area contributed by atoms with Gasteiger partial charge in [0.2, 0.25) is 0 Å². The summed E-state index contributed by atoms with van der Waals surface area (Å²) in [4.78, 5) is 26.0. The number of aliphatic carboxylic acids is 1. The van der Waals surface area contributed by atoms with Gasteiger partial charge in [0.25, 0.3) is 5.91 Å². The first kappa shape index (κ1) is 14.4. The lowest BCUT2D eigenvalue weighted by Crippen LogP contribution is -2.34. The highest BCUT2D eigenvalue weighted by atomic mass is 35.5. The number of halogens is 1. The number of aromatic nitrogens is 1. The zero-order valence-electron chi connectivity index (χ0n) is 9.72. The molecule has 0 radical (unpaired) electrons. The van der Waals surface area contributed by atoms with Crippen molar-refractivity contribution in [1.29, 1.82) is 0 Å². The molecule has 0 aromatic carbocycles. The predicted octanol–water partition coefficient (Wildman–Crippen LogP) is 0.954. The number of nitrogens with one attached hydrogen (secondary N) is 1. The fourth-order valence-corrected chi connectivity index (χ4v) is 1.50. The fourth-order valence-electron chi connectivity index (χ4n) is 1.29. The van der Waals surface area contributed by atoms with Crippen molar-refractivity contribution in [2.75, 3.05) is 13.7 Å². The first-order valence-electron chi connectivity index (χ1n) is 5.17. The van der Waals surface area contributed by atoms with Crippen LogP contribution in [0.4, 0.5) is 0 Å². The van der Waals surface area contributed by atoms with E-state index in [2.05, 4.69) is 10.3 Å². The van der Waals surface area contributed by atoms with Crippen molar-refractivity contribution in [3.63, 3.8) is 0 Å². The molecule has 98 valence electrons. The summed E-state index contributed by atoms with van der Waals surface area (Å²) >= 11 is 5.80. The van der Waals surface area contributed by atoms with E-state index in [1.807, 2.05) is 0 Å². The Hall–Kier alpha value is -1.66. The number of pyridine rings is 1. The Balaban J connectivity index is 2.55. The van der Waals surface area contributed by atoms with Crippen molar-refractivity contribution in [2.24, 2.45) is 0 Å². The molecule has 18 heavy (non-hydrogen) atoms. The van der Waals surface area contributed by atoms with Crippen LogP contribution in [0.5, 0.6) is 0 Å². The number of ether oxygens (including phenoxy) is 1. The van der Waals surface area contributed by atoms with Crippen LogP contribution in [-0.2, 0) is 9.53 Å². The molecule has 1 rings (SSSR count). The number of carboxylic acid groups (broad SMARTS) is 1. The molecule has 2 N–H and O–H groups in total. The van der Waals surface area contributed by atoms with Gasteiger partial charge < -0.3 is 15.2 Å². The molecule has 0 saturated heterocycles. The van der Waals surface area contributed by atoms with Gasteiger partial charge in [0, 0.05) is 26.0 Å². The summed E-state index contributed by atoms with van der Waals surface area (Å²) in [5.41, 5.74) is 0.289. The van der Waals surface area contributed by atoms with Gasteiger partial charge in [0.15, 0.2) is 0 Å². The Bertz CT molecular complexity index is 439. The van der Waals surface area contributed by atoms with Crippen LogP contribution in [0.25, 0.3) is 0 Å². The van der Waals surface area contributed by atoms with Crippen molar-refractivity contribution in [3.8, 4) is 0 Å². The maximum Gasteiger partial charge on any atom is 0.306 e. The minimum absolute atomic E-state index is 0.0975. The molecule has 0 aliphatic heterocycles. The molecular weight excluding hydrogens is 260 g/mol. The smallest absolute Gasteiger partial charge is 0.306 e. The first-order chi connectivity index (χ1) is 8.54. The molecular formula is C11H13ClN2O4. The van der Waals surface area contributed by atoms with Crippen LogP contribution < -0.4 is 5.32 Å². The number of hydrogen-bond acceptors (Lipinski definition) is 4. The molecule has 7 heteroatoms. The molecule has 1 aromatic heterocycles.